The van der Waals surface area contributed by atoms with E-state index < -0.39 is 18.1 Å². The summed E-state index contributed by atoms with van der Waals surface area (Å²) in [5.41, 5.74) is 7.44. The van der Waals surface area contributed by atoms with Gasteiger partial charge in [0.05, 0.1) is 5.92 Å². The number of piperidine rings is 1. The van der Waals surface area contributed by atoms with Crippen molar-refractivity contribution in [3.8, 4) is 0 Å². The summed E-state index contributed by atoms with van der Waals surface area (Å²) in [6.45, 7) is 3.76. The van der Waals surface area contributed by atoms with E-state index in [1.54, 1.807) is 24.8 Å². The topological polar surface area (TPSA) is 29.3 Å². The molecule has 1 heterocycles. The molecule has 6 heteroatoms. The van der Waals surface area contributed by atoms with Gasteiger partial charge in [-0.05, 0) is 49.9 Å². The Morgan fingerprint density at radius 1 is 1.33 bits per heavy atom. The quantitative estimate of drug-likeness (QED) is 0.839. The fraction of sp³-hybridized carbons (Fsp3) is 0.600. The van der Waals surface area contributed by atoms with E-state index in [2.05, 4.69) is 0 Å². The first kappa shape index (κ1) is 16.1. The number of halogens is 4. The van der Waals surface area contributed by atoms with Gasteiger partial charge in [0, 0.05) is 24.8 Å². The van der Waals surface area contributed by atoms with Gasteiger partial charge in [-0.25, -0.2) is 4.39 Å². The van der Waals surface area contributed by atoms with Crippen molar-refractivity contribution < 1.29 is 17.6 Å². The van der Waals surface area contributed by atoms with E-state index in [0.717, 1.165) is 0 Å². The first-order valence-corrected chi connectivity index (χ1v) is 7.07. The Kier molecular flexibility index (Phi) is 4.46. The van der Waals surface area contributed by atoms with Gasteiger partial charge >= 0.3 is 6.18 Å². The van der Waals surface area contributed by atoms with Gasteiger partial charge in [-0.1, -0.05) is 0 Å². The predicted octanol–water partition coefficient (Wildman–Crippen LogP) is 3.93. The van der Waals surface area contributed by atoms with Crippen molar-refractivity contribution in [3.05, 3.63) is 29.1 Å². The summed E-state index contributed by atoms with van der Waals surface area (Å²) in [4.78, 5) is 1.69. The number of benzene rings is 1. The lowest BCUT2D eigenvalue weighted by Crippen LogP contribution is -2.42. The summed E-state index contributed by atoms with van der Waals surface area (Å²) in [5.74, 6) is -1.71. The smallest absolute Gasteiger partial charge is 0.371 e. The molecular weight excluding hydrogens is 284 g/mol. The van der Waals surface area contributed by atoms with Crippen molar-refractivity contribution in [1.82, 2.24) is 0 Å². The van der Waals surface area contributed by atoms with Gasteiger partial charge in [0.25, 0.3) is 0 Å². The zero-order chi connectivity index (χ0) is 15.8. The normalized spacial score (nSPS) is 21.5. The van der Waals surface area contributed by atoms with Crippen molar-refractivity contribution in [3.63, 3.8) is 0 Å². The van der Waals surface area contributed by atoms with Crippen LogP contribution in [0.1, 0.15) is 36.9 Å². The zero-order valence-corrected chi connectivity index (χ0v) is 12.2. The Hall–Kier alpha value is -1.30. The summed E-state index contributed by atoms with van der Waals surface area (Å²) >= 11 is 0. The Labute approximate surface area is 121 Å². The molecule has 1 aromatic carbocycles. The van der Waals surface area contributed by atoms with Gasteiger partial charge in [-0.15, -0.1) is 0 Å². The lowest BCUT2D eigenvalue weighted by atomic mass is 9.95. The van der Waals surface area contributed by atoms with Crippen molar-refractivity contribution >= 4 is 5.69 Å². The van der Waals surface area contributed by atoms with Gasteiger partial charge in [-0.3, -0.25) is 0 Å². The number of aryl methyl sites for hydroxylation is 1. The van der Waals surface area contributed by atoms with E-state index in [-0.39, 0.29) is 18.8 Å². The van der Waals surface area contributed by atoms with Gasteiger partial charge < -0.3 is 10.6 Å². The largest absolute Gasteiger partial charge is 0.393 e. The van der Waals surface area contributed by atoms with Crippen LogP contribution in [-0.2, 0) is 0 Å². The minimum absolute atomic E-state index is 0.0890. The van der Waals surface area contributed by atoms with Gasteiger partial charge in [0.2, 0.25) is 0 Å². The molecule has 0 radical (unpaired) electrons. The monoisotopic (exact) mass is 304 g/mol. The maximum atomic E-state index is 13.7. The summed E-state index contributed by atoms with van der Waals surface area (Å²) in [7, 11) is 0. The molecule has 0 aliphatic carbocycles. The first-order chi connectivity index (χ1) is 9.70. The molecule has 0 bridgehead atoms. The second kappa shape index (κ2) is 5.83. The van der Waals surface area contributed by atoms with E-state index >= 15 is 0 Å². The maximum absolute atomic E-state index is 13.7. The third kappa shape index (κ3) is 3.48. The highest BCUT2D eigenvalue weighted by Gasteiger charge is 2.42. The standard InChI is InChI=1S/C15H20F4N2/c1-9-6-14(12(10(2)20)7-13(9)16)21-5-3-4-11(8-21)15(17,18)19/h6-7,10-11H,3-5,8,20H2,1-2H3. The highest BCUT2D eigenvalue weighted by Crippen LogP contribution is 2.37. The summed E-state index contributed by atoms with van der Waals surface area (Å²) < 4.78 is 52.5. The van der Waals surface area contributed by atoms with E-state index in [4.69, 9.17) is 5.73 Å². The Morgan fingerprint density at radius 3 is 2.57 bits per heavy atom. The van der Waals surface area contributed by atoms with E-state index in [1.165, 1.54) is 6.07 Å². The molecule has 0 amide bonds. The molecule has 0 saturated carbocycles. The molecule has 1 aromatic rings. The minimum Gasteiger partial charge on any atom is -0.371 e. The number of nitrogens with two attached hydrogens (primary N) is 1. The summed E-state index contributed by atoms with van der Waals surface area (Å²) in [6, 6.07) is 2.51. The van der Waals surface area contributed by atoms with Crippen LogP contribution in [0.2, 0.25) is 0 Å². The number of hydrogen-bond donors (Lipinski definition) is 1. The van der Waals surface area contributed by atoms with Crippen LogP contribution in [0.15, 0.2) is 12.1 Å². The van der Waals surface area contributed by atoms with Crippen molar-refractivity contribution in [2.45, 2.75) is 38.9 Å². The SMILES string of the molecule is Cc1cc(N2CCCC(C(F)(F)F)C2)c(C(C)N)cc1F. The molecule has 2 rings (SSSR count). The minimum atomic E-state index is -4.19. The molecule has 2 unspecified atom stereocenters. The lowest BCUT2D eigenvalue weighted by Gasteiger charge is -2.37. The Morgan fingerprint density at radius 2 is 2.00 bits per heavy atom. The number of rotatable bonds is 2. The molecule has 0 aromatic heterocycles. The van der Waals surface area contributed by atoms with Crippen molar-refractivity contribution in [2.75, 3.05) is 18.0 Å². The third-order valence-electron chi connectivity index (χ3n) is 4.02. The Bertz CT molecular complexity index is 511. The van der Waals surface area contributed by atoms with Gasteiger partial charge in [0.15, 0.2) is 0 Å². The summed E-state index contributed by atoms with van der Waals surface area (Å²) in [6.07, 6.45) is -3.57. The van der Waals surface area contributed by atoms with Crippen LogP contribution in [0.4, 0.5) is 23.2 Å². The average molecular weight is 304 g/mol. The third-order valence-corrected chi connectivity index (χ3v) is 4.02. The molecule has 118 valence electrons. The fourth-order valence-electron chi connectivity index (χ4n) is 2.78. The number of nitrogens with zero attached hydrogens (tertiary/aromatic N) is 1. The zero-order valence-electron chi connectivity index (χ0n) is 12.2. The van der Waals surface area contributed by atoms with Crippen LogP contribution in [0.5, 0.6) is 0 Å². The highest BCUT2D eigenvalue weighted by molar-refractivity contribution is 5.57. The number of anilines is 1. The predicted molar refractivity (Wildman–Crippen MR) is 74.7 cm³/mol. The lowest BCUT2D eigenvalue weighted by molar-refractivity contribution is -0.176. The van der Waals surface area contributed by atoms with Crippen LogP contribution in [0.25, 0.3) is 0 Å². The second-order valence-electron chi connectivity index (χ2n) is 5.78. The molecule has 1 aliphatic rings. The van der Waals surface area contributed by atoms with Crippen LogP contribution in [0, 0.1) is 18.7 Å². The molecule has 0 spiro atoms. The summed E-state index contributed by atoms with van der Waals surface area (Å²) in [5, 5.41) is 0. The van der Waals surface area contributed by atoms with Crippen LogP contribution in [-0.4, -0.2) is 19.3 Å². The van der Waals surface area contributed by atoms with Crippen LogP contribution >= 0.6 is 0 Å². The molecule has 2 atom stereocenters. The van der Waals surface area contributed by atoms with Gasteiger partial charge in [-0.2, -0.15) is 13.2 Å². The fourth-order valence-corrected chi connectivity index (χ4v) is 2.78. The van der Waals surface area contributed by atoms with Gasteiger partial charge in [0.1, 0.15) is 5.82 Å². The number of alkyl halides is 3. The first-order valence-electron chi connectivity index (χ1n) is 7.07. The highest BCUT2D eigenvalue weighted by atomic mass is 19.4. The van der Waals surface area contributed by atoms with E-state index in [9.17, 15) is 17.6 Å². The molecule has 21 heavy (non-hydrogen) atoms. The van der Waals surface area contributed by atoms with E-state index in [1.807, 2.05) is 0 Å². The molecule has 2 nitrogen and oxygen atoms in total. The van der Waals surface area contributed by atoms with Crippen molar-refractivity contribution in [2.24, 2.45) is 11.7 Å². The molecular formula is C15H20F4N2. The molecule has 2 N–H and O–H groups in total. The van der Waals surface area contributed by atoms with Crippen LogP contribution < -0.4 is 10.6 Å². The Balaban J connectivity index is 2.34. The molecule has 1 saturated heterocycles. The second-order valence-corrected chi connectivity index (χ2v) is 5.78. The maximum Gasteiger partial charge on any atom is 0.393 e. The number of hydrogen-bond acceptors (Lipinski definition) is 2. The molecule has 1 fully saturated rings. The average Bonchev–Trinajstić information content (AvgIpc) is 2.40. The van der Waals surface area contributed by atoms with Crippen molar-refractivity contribution in [1.29, 1.82) is 0 Å². The van der Waals surface area contributed by atoms with E-state index in [0.29, 0.717) is 29.8 Å². The van der Waals surface area contributed by atoms with Crippen LogP contribution in [0.3, 0.4) is 0 Å². The molecule has 1 aliphatic heterocycles.